The van der Waals surface area contributed by atoms with Gasteiger partial charge in [0.25, 0.3) is 0 Å². The Morgan fingerprint density at radius 2 is 1.67 bits per heavy atom. The predicted octanol–water partition coefficient (Wildman–Crippen LogP) is 3.61. The Hall–Kier alpha value is -2.29. The lowest BCUT2D eigenvalue weighted by atomic mass is 10.1. The topological polar surface area (TPSA) is 35.5 Å². The van der Waals surface area contributed by atoms with Gasteiger partial charge < -0.3 is 9.47 Å². The summed E-state index contributed by atoms with van der Waals surface area (Å²) in [6.45, 7) is 1.93. The van der Waals surface area contributed by atoms with Gasteiger partial charge in [-0.15, -0.1) is 0 Å². The van der Waals surface area contributed by atoms with E-state index in [1.807, 2.05) is 25.1 Å². The van der Waals surface area contributed by atoms with Crippen molar-refractivity contribution in [1.29, 1.82) is 0 Å². The van der Waals surface area contributed by atoms with Crippen molar-refractivity contribution in [2.45, 2.75) is 6.92 Å². The zero-order chi connectivity index (χ0) is 13.0. The molecular formula is C15H14O3. The number of aryl methyl sites for hydroxylation is 1. The van der Waals surface area contributed by atoms with E-state index in [9.17, 15) is 4.79 Å². The van der Waals surface area contributed by atoms with Gasteiger partial charge in [0.05, 0.1) is 12.7 Å². The molecule has 0 heterocycles. The van der Waals surface area contributed by atoms with E-state index in [0.717, 1.165) is 17.6 Å². The molecule has 0 atom stereocenters. The molecule has 0 spiro atoms. The molecule has 0 aliphatic heterocycles. The van der Waals surface area contributed by atoms with Crippen LogP contribution < -0.4 is 9.47 Å². The lowest BCUT2D eigenvalue weighted by Crippen LogP contribution is -1.91. The molecule has 3 nitrogen and oxygen atoms in total. The third kappa shape index (κ3) is 2.69. The minimum Gasteiger partial charge on any atom is -0.497 e. The van der Waals surface area contributed by atoms with Crippen LogP contribution in [0.15, 0.2) is 42.5 Å². The molecule has 2 aromatic carbocycles. The van der Waals surface area contributed by atoms with Crippen molar-refractivity contribution < 1.29 is 14.3 Å². The molecule has 0 fully saturated rings. The van der Waals surface area contributed by atoms with Crippen LogP contribution in [0.5, 0.6) is 17.2 Å². The number of carbonyl (C=O) groups excluding carboxylic acids is 1. The number of aldehydes is 1. The van der Waals surface area contributed by atoms with Crippen LogP contribution in [0.1, 0.15) is 15.9 Å². The number of rotatable bonds is 4. The summed E-state index contributed by atoms with van der Waals surface area (Å²) >= 11 is 0. The van der Waals surface area contributed by atoms with Crippen molar-refractivity contribution in [2.24, 2.45) is 0 Å². The molecule has 92 valence electrons. The number of benzene rings is 2. The van der Waals surface area contributed by atoms with Gasteiger partial charge in [0.15, 0.2) is 6.29 Å². The molecule has 0 aliphatic carbocycles. The molecule has 0 radical (unpaired) electrons. The largest absolute Gasteiger partial charge is 0.497 e. The number of carbonyl (C=O) groups is 1. The highest BCUT2D eigenvalue weighted by Crippen LogP contribution is 2.26. The quantitative estimate of drug-likeness (QED) is 0.768. The van der Waals surface area contributed by atoms with E-state index in [2.05, 4.69) is 0 Å². The minimum absolute atomic E-state index is 0.547. The Morgan fingerprint density at radius 1 is 1.00 bits per heavy atom. The second-order valence-corrected chi connectivity index (χ2v) is 3.94. The average molecular weight is 242 g/mol. The normalized spacial score (nSPS) is 9.89. The second kappa shape index (κ2) is 5.36. The van der Waals surface area contributed by atoms with Crippen molar-refractivity contribution in [3.63, 3.8) is 0 Å². The highest BCUT2D eigenvalue weighted by atomic mass is 16.5. The van der Waals surface area contributed by atoms with Crippen molar-refractivity contribution in [2.75, 3.05) is 7.11 Å². The monoisotopic (exact) mass is 242 g/mol. The minimum atomic E-state index is 0.547. The summed E-state index contributed by atoms with van der Waals surface area (Å²) in [4.78, 5) is 11.0. The highest BCUT2D eigenvalue weighted by Gasteiger charge is 2.04. The SMILES string of the molecule is COc1ccc(Oc2ccc(C)cc2C=O)cc1. The summed E-state index contributed by atoms with van der Waals surface area (Å²) in [6, 6.07) is 12.7. The molecule has 3 heteroatoms. The van der Waals surface area contributed by atoms with E-state index < -0.39 is 0 Å². The van der Waals surface area contributed by atoms with Crippen molar-refractivity contribution in [3.05, 3.63) is 53.6 Å². The third-order valence-corrected chi connectivity index (χ3v) is 2.58. The second-order valence-electron chi connectivity index (χ2n) is 3.94. The van der Waals surface area contributed by atoms with Crippen LogP contribution in [0.3, 0.4) is 0 Å². The van der Waals surface area contributed by atoms with Crippen LogP contribution in [-0.4, -0.2) is 13.4 Å². The van der Waals surface area contributed by atoms with E-state index in [0.29, 0.717) is 17.1 Å². The van der Waals surface area contributed by atoms with Crippen LogP contribution in [-0.2, 0) is 0 Å². The molecule has 0 N–H and O–H groups in total. The molecule has 2 rings (SSSR count). The highest BCUT2D eigenvalue weighted by molar-refractivity contribution is 5.79. The summed E-state index contributed by atoms with van der Waals surface area (Å²) in [5, 5.41) is 0. The predicted molar refractivity (Wildman–Crippen MR) is 69.6 cm³/mol. The van der Waals surface area contributed by atoms with Crippen molar-refractivity contribution >= 4 is 6.29 Å². The summed E-state index contributed by atoms with van der Waals surface area (Å²) < 4.78 is 10.7. The first-order chi connectivity index (χ1) is 8.72. The van der Waals surface area contributed by atoms with Crippen molar-refractivity contribution in [3.8, 4) is 17.2 Å². The lowest BCUT2D eigenvalue weighted by Gasteiger charge is -2.09. The third-order valence-electron chi connectivity index (χ3n) is 2.58. The first kappa shape index (κ1) is 12.2. The maximum Gasteiger partial charge on any atom is 0.153 e. The summed E-state index contributed by atoms with van der Waals surface area (Å²) in [5.41, 5.74) is 1.57. The van der Waals surface area contributed by atoms with Gasteiger partial charge in [-0.25, -0.2) is 0 Å². The first-order valence-corrected chi connectivity index (χ1v) is 5.60. The Labute approximate surface area is 106 Å². The fraction of sp³-hybridized carbons (Fsp3) is 0.133. The molecule has 0 saturated carbocycles. The number of hydrogen-bond donors (Lipinski definition) is 0. The van der Waals surface area contributed by atoms with Crippen molar-refractivity contribution in [1.82, 2.24) is 0 Å². The summed E-state index contributed by atoms with van der Waals surface area (Å²) in [5.74, 6) is 1.99. The molecule has 18 heavy (non-hydrogen) atoms. The van der Waals surface area contributed by atoms with Gasteiger partial charge in [0, 0.05) is 0 Å². The van der Waals surface area contributed by atoms with E-state index in [-0.39, 0.29) is 0 Å². The smallest absolute Gasteiger partial charge is 0.153 e. The van der Waals surface area contributed by atoms with Crippen LogP contribution >= 0.6 is 0 Å². The van der Waals surface area contributed by atoms with E-state index >= 15 is 0 Å². The molecular weight excluding hydrogens is 228 g/mol. The molecule has 0 amide bonds. The molecule has 0 bridgehead atoms. The fourth-order valence-electron chi connectivity index (χ4n) is 1.62. The summed E-state index contributed by atoms with van der Waals surface area (Å²) in [6.07, 6.45) is 0.797. The van der Waals surface area contributed by atoms with Gasteiger partial charge in [-0.2, -0.15) is 0 Å². The number of ether oxygens (including phenoxy) is 2. The maximum atomic E-state index is 11.0. The average Bonchev–Trinajstić information content (AvgIpc) is 2.41. The number of methoxy groups -OCH3 is 1. The van der Waals surface area contributed by atoms with Crippen LogP contribution in [0.2, 0.25) is 0 Å². The Bertz CT molecular complexity index is 544. The summed E-state index contributed by atoms with van der Waals surface area (Å²) in [7, 11) is 1.61. The van der Waals surface area contributed by atoms with Crippen LogP contribution in [0, 0.1) is 6.92 Å². The zero-order valence-electron chi connectivity index (χ0n) is 10.3. The standard InChI is InChI=1S/C15H14O3/c1-11-3-8-15(12(9-11)10-16)18-14-6-4-13(17-2)5-7-14/h3-10H,1-2H3. The Kier molecular flexibility index (Phi) is 3.63. The van der Waals surface area contributed by atoms with E-state index in [1.54, 1.807) is 31.4 Å². The molecule has 0 aliphatic rings. The van der Waals surface area contributed by atoms with Gasteiger partial charge in [-0.1, -0.05) is 11.6 Å². The van der Waals surface area contributed by atoms with E-state index in [4.69, 9.17) is 9.47 Å². The van der Waals surface area contributed by atoms with Crippen LogP contribution in [0.25, 0.3) is 0 Å². The maximum absolute atomic E-state index is 11.0. The van der Waals surface area contributed by atoms with Gasteiger partial charge in [-0.3, -0.25) is 4.79 Å². The van der Waals surface area contributed by atoms with Gasteiger partial charge in [0.1, 0.15) is 17.2 Å². The molecule has 0 aromatic heterocycles. The zero-order valence-corrected chi connectivity index (χ0v) is 10.3. The Balaban J connectivity index is 2.24. The Morgan fingerprint density at radius 3 is 2.28 bits per heavy atom. The van der Waals surface area contributed by atoms with Gasteiger partial charge in [-0.05, 0) is 43.3 Å². The molecule has 0 unspecified atom stereocenters. The number of hydrogen-bond acceptors (Lipinski definition) is 3. The fourth-order valence-corrected chi connectivity index (χ4v) is 1.62. The van der Waals surface area contributed by atoms with Gasteiger partial charge >= 0.3 is 0 Å². The molecule has 2 aromatic rings. The van der Waals surface area contributed by atoms with Crippen LogP contribution in [0.4, 0.5) is 0 Å². The van der Waals surface area contributed by atoms with Gasteiger partial charge in [0.2, 0.25) is 0 Å². The van der Waals surface area contributed by atoms with E-state index in [1.165, 1.54) is 0 Å². The first-order valence-electron chi connectivity index (χ1n) is 5.60. The lowest BCUT2D eigenvalue weighted by molar-refractivity contribution is 0.112. The molecule has 0 saturated heterocycles.